The minimum Gasteiger partial charge on any atom is -0.355 e. The fourth-order valence-corrected chi connectivity index (χ4v) is 5.72. The average molecular weight is 650 g/mol. The van der Waals surface area contributed by atoms with Gasteiger partial charge < -0.3 is 19.5 Å². The molecule has 0 bridgehead atoms. The summed E-state index contributed by atoms with van der Waals surface area (Å²) in [7, 11) is -3.97. The maximum absolute atomic E-state index is 13.8. The number of aryl methyl sites for hydroxylation is 1. The number of rotatable bonds is 16. The van der Waals surface area contributed by atoms with Crippen molar-refractivity contribution < 1.29 is 41.3 Å². The van der Waals surface area contributed by atoms with E-state index in [9.17, 15) is 32.1 Å². The smallest absolute Gasteiger partial charge is 0.355 e. The lowest BCUT2D eigenvalue weighted by Gasteiger charge is -2.22. The van der Waals surface area contributed by atoms with Crippen molar-refractivity contribution in [3.8, 4) is 0 Å². The maximum Gasteiger partial charge on any atom is 0.471 e. The Kier molecular flexibility index (Phi) is 11.2. The predicted octanol–water partition coefficient (Wildman–Crippen LogP) is 1.14. The predicted molar refractivity (Wildman–Crippen MR) is 142 cm³/mol. The first-order valence-corrected chi connectivity index (χ1v) is 15.0. The van der Waals surface area contributed by atoms with Crippen LogP contribution in [-0.4, -0.2) is 89.5 Å². The summed E-state index contributed by atoms with van der Waals surface area (Å²) in [5.41, 5.74) is -0.924. The molecular weight excluding hydrogens is 618 g/mol. The number of hydrogen-bond donors (Lipinski definition) is 2. The van der Waals surface area contributed by atoms with Crippen molar-refractivity contribution in [1.29, 1.82) is 0 Å². The molecule has 17 nitrogen and oxygen atoms in total. The third-order valence-corrected chi connectivity index (χ3v) is 8.43. The van der Waals surface area contributed by atoms with Gasteiger partial charge in [-0.3, -0.25) is 23.7 Å². The lowest BCUT2D eigenvalue weighted by atomic mass is 10.2. The Morgan fingerprint density at radius 2 is 1.82 bits per heavy atom. The first-order valence-electron chi connectivity index (χ1n) is 13.5. The molecule has 4 heterocycles. The van der Waals surface area contributed by atoms with E-state index in [0.717, 1.165) is 8.90 Å². The van der Waals surface area contributed by atoms with Gasteiger partial charge in [-0.05, 0) is 19.8 Å². The summed E-state index contributed by atoms with van der Waals surface area (Å²) >= 11 is 0. The third kappa shape index (κ3) is 8.47. The number of ether oxygens (including phenoxy) is 3. The summed E-state index contributed by atoms with van der Waals surface area (Å²) in [6, 6.07) is 0. The van der Waals surface area contributed by atoms with Crippen LogP contribution in [0.4, 0.5) is 13.2 Å². The van der Waals surface area contributed by atoms with Crippen LogP contribution in [-0.2, 0) is 28.1 Å². The van der Waals surface area contributed by atoms with Crippen LogP contribution < -0.4 is 16.6 Å². The quantitative estimate of drug-likeness (QED) is 0.128. The fraction of sp³-hybridized carbons (Fsp3) is 0.609. The normalized spacial score (nSPS) is 19.0. The van der Waals surface area contributed by atoms with E-state index >= 15 is 0 Å². The molecule has 1 aliphatic rings. The van der Waals surface area contributed by atoms with Crippen molar-refractivity contribution in [1.82, 2.24) is 43.9 Å². The molecule has 0 unspecified atom stereocenters. The number of halogens is 3. The van der Waals surface area contributed by atoms with Crippen LogP contribution in [0.2, 0.25) is 0 Å². The number of nitrogens with zero attached hydrogens (tertiary/aromatic N) is 7. The summed E-state index contributed by atoms with van der Waals surface area (Å²) in [5, 5.41) is 9.65. The Bertz CT molecular complexity index is 1480. The molecule has 3 aromatic heterocycles. The Labute approximate surface area is 247 Å². The summed E-state index contributed by atoms with van der Waals surface area (Å²) in [6.07, 6.45) is 1.19. The van der Waals surface area contributed by atoms with Gasteiger partial charge in [-0.15, -0.1) is 0 Å². The minimum absolute atomic E-state index is 0.0761. The number of aromatic amines is 1. The minimum atomic E-state index is -4.90. The first kappa shape index (κ1) is 33.2. The van der Waals surface area contributed by atoms with Crippen molar-refractivity contribution >= 4 is 13.6 Å². The molecular formula is C23H31F3N9O8P. The maximum atomic E-state index is 13.8. The number of nitrogens with one attached hydrogen (secondary N) is 2. The van der Waals surface area contributed by atoms with Crippen LogP contribution in [0.5, 0.6) is 0 Å². The highest BCUT2D eigenvalue weighted by molar-refractivity contribution is 7.55. The van der Waals surface area contributed by atoms with Crippen molar-refractivity contribution in [2.45, 2.75) is 63.6 Å². The third-order valence-electron chi connectivity index (χ3n) is 6.50. The second kappa shape index (κ2) is 14.8. The van der Waals surface area contributed by atoms with Crippen molar-refractivity contribution in [2.75, 3.05) is 26.6 Å². The molecule has 4 rings (SSSR count). The van der Waals surface area contributed by atoms with E-state index in [1.807, 2.05) is 5.32 Å². The molecule has 2 N–H and O–H groups in total. The van der Waals surface area contributed by atoms with Crippen LogP contribution in [0.15, 0.2) is 41.1 Å². The molecule has 0 aromatic carbocycles. The van der Waals surface area contributed by atoms with Crippen molar-refractivity contribution in [2.24, 2.45) is 0 Å². The lowest BCUT2D eigenvalue weighted by molar-refractivity contribution is -0.173. The SMILES string of the molecule is Cc1cn([C@H]2C[C@H](OCOCCCCCCNC(=O)C(F)(F)F)[C@@H](COP(=O)(n3cncn3)n3cncn3)O2)c(=O)[nH]c1=O. The molecule has 44 heavy (non-hydrogen) atoms. The lowest BCUT2D eigenvalue weighted by Crippen LogP contribution is -2.37. The highest BCUT2D eigenvalue weighted by Crippen LogP contribution is 2.48. The highest BCUT2D eigenvalue weighted by Gasteiger charge is 2.41. The van der Waals surface area contributed by atoms with Crippen LogP contribution >= 0.6 is 7.67 Å². The van der Waals surface area contributed by atoms with Crippen molar-refractivity contribution in [3.05, 3.63) is 57.9 Å². The molecule has 3 atom stereocenters. The number of amides is 1. The number of H-pyrrole nitrogens is 1. The van der Waals surface area contributed by atoms with Gasteiger partial charge in [0.1, 0.15) is 44.4 Å². The summed E-state index contributed by atoms with van der Waals surface area (Å²) in [5.74, 6) is -1.96. The fourth-order valence-electron chi connectivity index (χ4n) is 4.22. The topological polar surface area (TPSA) is 199 Å². The largest absolute Gasteiger partial charge is 0.471 e. The van der Waals surface area contributed by atoms with Crippen LogP contribution in [0.25, 0.3) is 0 Å². The summed E-state index contributed by atoms with van der Waals surface area (Å²) in [4.78, 5) is 45.0. The molecule has 242 valence electrons. The number of carbonyl (C=O) groups excluding carboxylic acids is 1. The number of carbonyl (C=O) groups is 1. The molecule has 1 saturated heterocycles. The van der Waals surface area contributed by atoms with Crippen molar-refractivity contribution in [3.63, 3.8) is 0 Å². The van der Waals surface area contributed by atoms with E-state index in [4.69, 9.17) is 18.7 Å². The molecule has 0 aliphatic carbocycles. The second-order valence-corrected chi connectivity index (χ2v) is 11.7. The number of aromatic nitrogens is 8. The van der Waals surface area contributed by atoms with Gasteiger partial charge in [-0.1, -0.05) is 12.8 Å². The zero-order chi connectivity index (χ0) is 31.7. The molecule has 1 fully saturated rings. The van der Waals surface area contributed by atoms with E-state index in [2.05, 4.69) is 25.1 Å². The molecule has 1 aliphatic heterocycles. The highest BCUT2D eigenvalue weighted by atomic mass is 31.2. The number of hydrogen-bond acceptors (Lipinski definition) is 12. The van der Waals surface area contributed by atoms with Gasteiger partial charge in [0.25, 0.3) is 5.56 Å². The Morgan fingerprint density at radius 3 is 2.45 bits per heavy atom. The van der Waals surface area contributed by atoms with E-state index in [-0.39, 0.29) is 26.4 Å². The molecule has 0 radical (unpaired) electrons. The van der Waals surface area contributed by atoms with E-state index in [1.54, 1.807) is 0 Å². The Balaban J connectivity index is 1.31. The van der Waals surface area contributed by atoms with Gasteiger partial charge in [-0.25, -0.2) is 19.3 Å². The van der Waals surface area contributed by atoms with E-state index in [0.29, 0.717) is 37.9 Å². The van der Waals surface area contributed by atoms with Gasteiger partial charge in [0, 0.05) is 31.3 Å². The van der Waals surface area contributed by atoms with Gasteiger partial charge in [-0.2, -0.15) is 32.3 Å². The van der Waals surface area contributed by atoms with Crippen LogP contribution in [0.3, 0.4) is 0 Å². The van der Waals surface area contributed by atoms with E-state index in [1.165, 1.54) is 43.0 Å². The number of alkyl halides is 3. The van der Waals surface area contributed by atoms with Gasteiger partial charge in [0.15, 0.2) is 0 Å². The standard InChI is InChI=1S/C23H31F3N9O8P/c1-16-9-33(22(38)32-20(16)36)19-8-17(41-15-40-7-5-3-2-4-6-29-21(37)23(24,25)26)18(43-19)10-42-44(39,34-13-27-11-30-34)35-14-28-12-31-35/h9,11-14,17-19H,2-8,10,15H2,1H3,(H,29,37)(H,32,36,38)/t17-,18+,19+/m0/s1. The average Bonchev–Trinajstić information content (AvgIpc) is 3.77. The van der Waals surface area contributed by atoms with Crippen LogP contribution in [0.1, 0.15) is 43.9 Å². The first-order chi connectivity index (χ1) is 21.0. The number of unbranched alkanes of at least 4 members (excludes halogenated alkanes) is 3. The Hall–Kier alpha value is -3.71. The summed E-state index contributed by atoms with van der Waals surface area (Å²) < 4.78 is 76.9. The molecule has 21 heteroatoms. The second-order valence-electron chi connectivity index (χ2n) is 9.66. The van der Waals surface area contributed by atoms with Gasteiger partial charge >= 0.3 is 25.4 Å². The van der Waals surface area contributed by atoms with Gasteiger partial charge in [0.2, 0.25) is 0 Å². The molecule has 3 aromatic rings. The van der Waals surface area contributed by atoms with Crippen LogP contribution in [0, 0.1) is 6.92 Å². The molecule has 1 amide bonds. The van der Waals surface area contributed by atoms with E-state index < -0.39 is 49.4 Å². The Morgan fingerprint density at radius 1 is 1.14 bits per heavy atom. The summed E-state index contributed by atoms with van der Waals surface area (Å²) in [6.45, 7) is 1.30. The molecule has 0 saturated carbocycles. The molecule has 0 spiro atoms. The zero-order valence-electron chi connectivity index (χ0n) is 23.5. The van der Waals surface area contributed by atoms with Gasteiger partial charge in [0.05, 0.1) is 12.7 Å². The zero-order valence-corrected chi connectivity index (χ0v) is 24.4. The monoisotopic (exact) mass is 649 g/mol.